The van der Waals surface area contributed by atoms with Gasteiger partial charge in [0, 0.05) is 39.8 Å². The number of hydrogen-bond donors (Lipinski definition) is 0. The zero-order valence-electron chi connectivity index (χ0n) is 35.4. The van der Waals surface area contributed by atoms with Gasteiger partial charge in [0.15, 0.2) is 17.5 Å². The smallest absolute Gasteiger partial charge is 0.178 e. The summed E-state index contributed by atoms with van der Waals surface area (Å²) in [5, 5.41) is 0. The highest BCUT2D eigenvalue weighted by Gasteiger charge is 2.94. The van der Waals surface area contributed by atoms with E-state index in [1.165, 1.54) is 39.3 Å². The van der Waals surface area contributed by atoms with Gasteiger partial charge in [0.2, 0.25) is 0 Å². The SMILES string of the molecule is CC(C)c1cnc2c(n1)N(c1ccccc1)C1N2c2ccccc2C2(C)C1(C)C21c2cc(C(C)(C)C)ccc2N2c3ncccc3N(c3ccc(C(C)(C)C)cc3)C21. The Kier molecular flexibility index (Phi) is 6.90. The predicted octanol–water partition coefficient (Wildman–Crippen LogP) is 12.1. The van der Waals surface area contributed by atoms with Crippen LogP contribution >= 0.6 is 0 Å². The molecule has 58 heavy (non-hydrogen) atoms. The molecule has 7 nitrogen and oxygen atoms in total. The molecule has 6 heterocycles. The van der Waals surface area contributed by atoms with Crippen LogP contribution in [0.4, 0.5) is 45.9 Å². The van der Waals surface area contributed by atoms with Crippen LogP contribution in [0.2, 0.25) is 0 Å². The zero-order valence-corrected chi connectivity index (χ0v) is 35.4. The molecule has 0 radical (unpaired) electrons. The van der Waals surface area contributed by atoms with Crippen molar-refractivity contribution < 1.29 is 0 Å². The fourth-order valence-electron chi connectivity index (χ4n) is 11.9. The summed E-state index contributed by atoms with van der Waals surface area (Å²) in [4.78, 5) is 26.4. The molecule has 1 aliphatic carbocycles. The van der Waals surface area contributed by atoms with Gasteiger partial charge in [-0.3, -0.25) is 0 Å². The Morgan fingerprint density at radius 1 is 0.552 bits per heavy atom. The molecule has 1 fully saturated rings. The van der Waals surface area contributed by atoms with Crippen LogP contribution in [0.15, 0.2) is 122 Å². The number of rotatable bonds is 3. The quantitative estimate of drug-likeness (QED) is 0.178. The average molecular weight is 764 g/mol. The molecule has 5 aliphatic rings. The number of aromatic nitrogens is 3. The number of hydrogen-bond acceptors (Lipinski definition) is 7. The van der Waals surface area contributed by atoms with Gasteiger partial charge in [-0.25, -0.2) is 15.0 Å². The van der Waals surface area contributed by atoms with Crippen LogP contribution in [0.5, 0.6) is 0 Å². The van der Waals surface area contributed by atoms with Crippen molar-refractivity contribution >= 4 is 45.9 Å². The molecule has 0 bridgehead atoms. The molecule has 2 aromatic heterocycles. The van der Waals surface area contributed by atoms with Crippen LogP contribution in [0.1, 0.15) is 103 Å². The van der Waals surface area contributed by atoms with Crippen molar-refractivity contribution in [3.05, 3.63) is 150 Å². The van der Waals surface area contributed by atoms with Gasteiger partial charge < -0.3 is 19.6 Å². The minimum absolute atomic E-state index is 0.0403. The molecule has 4 aliphatic heterocycles. The van der Waals surface area contributed by atoms with Gasteiger partial charge in [-0.2, -0.15) is 0 Å². The molecule has 292 valence electrons. The molecule has 1 spiro atoms. The lowest BCUT2D eigenvalue weighted by molar-refractivity contribution is 0.337. The van der Waals surface area contributed by atoms with E-state index in [0.717, 1.165) is 34.5 Å². The van der Waals surface area contributed by atoms with Gasteiger partial charge in [0.25, 0.3) is 0 Å². The molecule has 0 saturated heterocycles. The van der Waals surface area contributed by atoms with Gasteiger partial charge >= 0.3 is 0 Å². The molecule has 0 amide bonds. The third kappa shape index (κ3) is 4.07. The number of para-hydroxylation sites is 2. The molecular formula is C51H53N7. The lowest BCUT2D eigenvalue weighted by Gasteiger charge is -2.44. The Morgan fingerprint density at radius 2 is 1.17 bits per heavy atom. The number of fused-ring (bicyclic) bond motifs is 17. The average Bonchev–Trinajstić information content (AvgIpc) is 3.58. The third-order valence-electron chi connectivity index (χ3n) is 14.8. The first kappa shape index (κ1) is 35.5. The Hall–Kier alpha value is -5.69. The molecule has 5 unspecified atom stereocenters. The van der Waals surface area contributed by atoms with Crippen molar-refractivity contribution in [1.29, 1.82) is 0 Å². The third-order valence-corrected chi connectivity index (χ3v) is 14.8. The first-order chi connectivity index (χ1) is 27.7. The minimum Gasteiger partial charge on any atom is -0.316 e. The van der Waals surface area contributed by atoms with E-state index in [-0.39, 0.29) is 39.9 Å². The predicted molar refractivity (Wildman–Crippen MR) is 237 cm³/mol. The Labute approximate surface area is 343 Å². The topological polar surface area (TPSA) is 51.6 Å². The van der Waals surface area contributed by atoms with Crippen LogP contribution in [0, 0.1) is 5.41 Å². The van der Waals surface area contributed by atoms with Gasteiger partial charge in [-0.1, -0.05) is 130 Å². The summed E-state index contributed by atoms with van der Waals surface area (Å²) in [5.41, 5.74) is 11.1. The van der Waals surface area contributed by atoms with Gasteiger partial charge in [-0.05, 0) is 87.5 Å². The van der Waals surface area contributed by atoms with Crippen LogP contribution in [0.25, 0.3) is 0 Å². The van der Waals surface area contributed by atoms with Crippen molar-refractivity contribution in [3.63, 3.8) is 0 Å². The summed E-state index contributed by atoms with van der Waals surface area (Å²) in [6, 6.07) is 41.1. The standard InChI is InChI=1S/C51H53N7/c1-31(2)38-30-53-43-44(54-38)56(34-17-12-11-13-18-34)45-50(10)49(9,36-19-14-15-20-39(36)58(43)45)51(50)37-29-33(48(6,7)8)24-27-40(37)57-42-41(21-16-28-52-42)55(46(51)57)35-25-22-32(23-26-35)47(3,4)5/h11-31,45-46H,1-10H3. The fourth-order valence-corrected chi connectivity index (χ4v) is 11.9. The van der Waals surface area contributed by atoms with E-state index >= 15 is 0 Å². The van der Waals surface area contributed by atoms with E-state index in [9.17, 15) is 0 Å². The van der Waals surface area contributed by atoms with E-state index in [1.807, 2.05) is 12.4 Å². The van der Waals surface area contributed by atoms with Gasteiger partial charge in [-0.15, -0.1) is 0 Å². The zero-order chi connectivity index (χ0) is 40.3. The molecule has 6 aromatic rings. The molecule has 0 N–H and O–H groups in total. The molecular weight excluding hydrogens is 711 g/mol. The highest BCUT2D eigenvalue weighted by Crippen LogP contribution is 2.89. The molecule has 1 saturated carbocycles. The van der Waals surface area contributed by atoms with E-state index < -0.39 is 5.41 Å². The van der Waals surface area contributed by atoms with Gasteiger partial charge in [0.05, 0.1) is 23.0 Å². The van der Waals surface area contributed by atoms with Crippen LogP contribution in [-0.4, -0.2) is 27.3 Å². The fraction of sp³-hybridized carbons (Fsp3) is 0.353. The summed E-state index contributed by atoms with van der Waals surface area (Å²) < 4.78 is 0. The van der Waals surface area contributed by atoms with Crippen LogP contribution in [-0.2, 0) is 21.7 Å². The summed E-state index contributed by atoms with van der Waals surface area (Å²) >= 11 is 0. The van der Waals surface area contributed by atoms with E-state index in [4.69, 9.17) is 15.0 Å². The van der Waals surface area contributed by atoms with E-state index in [1.54, 1.807) is 0 Å². The second-order valence-corrected chi connectivity index (χ2v) is 19.9. The second kappa shape index (κ2) is 11.3. The maximum atomic E-state index is 5.50. The first-order valence-corrected chi connectivity index (χ1v) is 21.0. The van der Waals surface area contributed by atoms with Crippen LogP contribution in [0.3, 0.4) is 0 Å². The molecule has 5 atom stereocenters. The first-order valence-electron chi connectivity index (χ1n) is 21.0. The largest absolute Gasteiger partial charge is 0.316 e. The summed E-state index contributed by atoms with van der Waals surface area (Å²) in [5.74, 6) is 3.09. The highest BCUT2D eigenvalue weighted by atomic mass is 15.5. The normalized spacial score (nSPS) is 26.0. The van der Waals surface area contributed by atoms with Crippen molar-refractivity contribution in [2.24, 2.45) is 5.41 Å². The number of anilines is 8. The van der Waals surface area contributed by atoms with Crippen molar-refractivity contribution in [3.8, 4) is 0 Å². The molecule has 7 heteroatoms. The second-order valence-electron chi connectivity index (χ2n) is 19.9. The lowest BCUT2D eigenvalue weighted by Crippen LogP contribution is -2.53. The Bertz CT molecular complexity index is 2640. The lowest BCUT2D eigenvalue weighted by atomic mass is 9.78. The van der Waals surface area contributed by atoms with Crippen molar-refractivity contribution in [2.45, 2.75) is 109 Å². The van der Waals surface area contributed by atoms with Crippen molar-refractivity contribution in [2.75, 3.05) is 19.6 Å². The maximum Gasteiger partial charge on any atom is 0.178 e. The number of benzene rings is 4. The van der Waals surface area contributed by atoms with Gasteiger partial charge in [0.1, 0.15) is 12.3 Å². The highest BCUT2D eigenvalue weighted by molar-refractivity contribution is 5.97. The Morgan fingerprint density at radius 3 is 1.88 bits per heavy atom. The van der Waals surface area contributed by atoms with Crippen molar-refractivity contribution in [1.82, 2.24) is 15.0 Å². The number of nitrogens with zero attached hydrogens (tertiary/aromatic N) is 7. The Balaban J connectivity index is 1.25. The van der Waals surface area contributed by atoms with E-state index in [2.05, 4.69) is 198 Å². The van der Waals surface area contributed by atoms with E-state index in [0.29, 0.717) is 0 Å². The summed E-state index contributed by atoms with van der Waals surface area (Å²) in [7, 11) is 0. The summed E-state index contributed by atoms with van der Waals surface area (Å²) in [6.07, 6.45) is 3.71. The monoisotopic (exact) mass is 763 g/mol. The van der Waals surface area contributed by atoms with Crippen LogP contribution < -0.4 is 19.6 Å². The molecule has 4 aromatic carbocycles. The summed E-state index contributed by atoms with van der Waals surface area (Å²) in [6.45, 7) is 23.5. The molecule has 11 rings (SSSR count). The number of pyridine rings is 1. The maximum absolute atomic E-state index is 5.50. The minimum atomic E-state index is -0.439.